The minimum Gasteiger partial charge on any atom is -0.469 e. The fourth-order valence-electron chi connectivity index (χ4n) is 1.06. The molecule has 2 atom stereocenters. The molecular weight excluding hydrogens is 184 g/mol. The number of rotatable bonds is 6. The number of carbonyl (C=O) groups excluding carboxylic acids is 2. The molecule has 0 unspecified atom stereocenters. The van der Waals surface area contributed by atoms with E-state index in [1.807, 2.05) is 0 Å². The highest BCUT2D eigenvalue weighted by atomic mass is 16.5. The van der Waals surface area contributed by atoms with Gasteiger partial charge in [-0.2, -0.15) is 0 Å². The maximum Gasteiger partial charge on any atom is 0.313 e. The van der Waals surface area contributed by atoms with Crippen molar-refractivity contribution in [3.05, 3.63) is 12.7 Å². The van der Waals surface area contributed by atoms with Crippen molar-refractivity contribution in [3.63, 3.8) is 0 Å². The summed E-state index contributed by atoms with van der Waals surface area (Å²) in [6.07, 6.45) is 0.970. The molecule has 0 aromatic carbocycles. The second-order valence-electron chi connectivity index (χ2n) is 2.94. The molecule has 0 radical (unpaired) electrons. The van der Waals surface area contributed by atoms with Gasteiger partial charge in [0.05, 0.1) is 13.2 Å². The quantitative estimate of drug-likeness (QED) is 0.364. The molecule has 4 heteroatoms. The van der Waals surface area contributed by atoms with Gasteiger partial charge in [-0.25, -0.2) is 0 Å². The molecule has 0 aromatic heterocycles. The molecule has 0 bridgehead atoms. The molecule has 80 valence electrons. The Balaban J connectivity index is 4.23. The van der Waals surface area contributed by atoms with E-state index in [0.717, 1.165) is 0 Å². The van der Waals surface area contributed by atoms with Gasteiger partial charge in [0, 0.05) is 13.0 Å². The number of hydrogen-bond acceptors (Lipinski definition) is 4. The van der Waals surface area contributed by atoms with Gasteiger partial charge in [-0.05, 0) is 0 Å². The Hall–Kier alpha value is -1.16. The zero-order chi connectivity index (χ0) is 11.1. The van der Waals surface area contributed by atoms with Crippen LogP contribution in [-0.2, 0) is 19.1 Å². The van der Waals surface area contributed by atoms with Crippen LogP contribution in [0.1, 0.15) is 13.3 Å². The Bertz CT molecular complexity index is 222. The Kier molecular flexibility index (Phi) is 5.79. The summed E-state index contributed by atoms with van der Waals surface area (Å²) in [5.74, 6) is -1.11. The summed E-state index contributed by atoms with van der Waals surface area (Å²) in [6.45, 7) is 5.24. The zero-order valence-electron chi connectivity index (χ0n) is 8.78. The van der Waals surface area contributed by atoms with Crippen molar-refractivity contribution in [2.75, 3.05) is 14.2 Å². The first kappa shape index (κ1) is 12.8. The fraction of sp³-hybridized carbons (Fsp3) is 0.600. The van der Waals surface area contributed by atoms with Crippen LogP contribution in [-0.4, -0.2) is 32.1 Å². The van der Waals surface area contributed by atoms with E-state index in [0.29, 0.717) is 0 Å². The summed E-state index contributed by atoms with van der Waals surface area (Å²) in [4.78, 5) is 22.3. The smallest absolute Gasteiger partial charge is 0.313 e. The predicted octanol–water partition coefficient (Wildman–Crippen LogP) is 0.956. The monoisotopic (exact) mass is 200 g/mol. The van der Waals surface area contributed by atoms with Crippen molar-refractivity contribution in [1.29, 1.82) is 0 Å². The molecule has 0 aliphatic heterocycles. The van der Waals surface area contributed by atoms with Crippen LogP contribution >= 0.6 is 0 Å². The van der Waals surface area contributed by atoms with Gasteiger partial charge >= 0.3 is 5.97 Å². The molecule has 0 N–H and O–H groups in total. The van der Waals surface area contributed by atoms with E-state index in [-0.39, 0.29) is 24.2 Å². The third-order valence-corrected chi connectivity index (χ3v) is 2.05. The number of Topliss-reactive ketones (excluding diaryl/α,β-unsaturated/α-hetero) is 1. The molecule has 0 saturated carbocycles. The van der Waals surface area contributed by atoms with Crippen LogP contribution < -0.4 is 0 Å². The topological polar surface area (TPSA) is 52.6 Å². The fourth-order valence-corrected chi connectivity index (χ4v) is 1.06. The largest absolute Gasteiger partial charge is 0.469 e. The van der Waals surface area contributed by atoms with Gasteiger partial charge < -0.3 is 9.47 Å². The summed E-state index contributed by atoms with van der Waals surface area (Å²) >= 11 is 0. The van der Waals surface area contributed by atoms with E-state index in [9.17, 15) is 9.59 Å². The number of esters is 1. The van der Waals surface area contributed by atoms with Gasteiger partial charge in [-0.3, -0.25) is 9.59 Å². The Morgan fingerprint density at radius 3 is 2.36 bits per heavy atom. The maximum absolute atomic E-state index is 11.4. The summed E-state index contributed by atoms with van der Waals surface area (Å²) in [5.41, 5.74) is 0. The lowest BCUT2D eigenvalue weighted by Gasteiger charge is -2.17. The molecule has 0 aliphatic rings. The summed E-state index contributed by atoms with van der Waals surface area (Å²) in [5, 5.41) is 0. The minimum atomic E-state index is -0.527. The van der Waals surface area contributed by atoms with E-state index in [1.165, 1.54) is 14.2 Å². The third-order valence-electron chi connectivity index (χ3n) is 2.05. The second-order valence-corrected chi connectivity index (χ2v) is 2.94. The summed E-state index contributed by atoms with van der Waals surface area (Å²) < 4.78 is 9.40. The van der Waals surface area contributed by atoms with Crippen LogP contribution in [0.2, 0.25) is 0 Å². The zero-order valence-corrected chi connectivity index (χ0v) is 8.78. The van der Waals surface area contributed by atoms with Crippen LogP contribution in [0.15, 0.2) is 12.7 Å². The van der Waals surface area contributed by atoms with Gasteiger partial charge in [-0.1, -0.05) is 13.0 Å². The first-order chi connectivity index (χ1) is 6.56. The average Bonchev–Trinajstić information content (AvgIpc) is 2.19. The van der Waals surface area contributed by atoms with E-state index in [4.69, 9.17) is 4.74 Å². The second kappa shape index (κ2) is 6.32. The van der Waals surface area contributed by atoms with Crippen LogP contribution in [0.5, 0.6) is 0 Å². The number of ether oxygens (including phenoxy) is 2. The normalized spacial score (nSPS) is 14.2. The average molecular weight is 200 g/mol. The first-order valence-corrected chi connectivity index (χ1v) is 4.31. The lowest BCUT2D eigenvalue weighted by molar-refractivity contribution is -0.144. The minimum absolute atomic E-state index is 0.205. The molecule has 0 amide bonds. The van der Waals surface area contributed by atoms with Crippen molar-refractivity contribution >= 4 is 11.8 Å². The SMILES string of the molecule is C=C[C@H](OC)[C@@H](C)C(=O)CC(=O)OC. The molecule has 0 rings (SSSR count). The van der Waals surface area contributed by atoms with Crippen LogP contribution in [0.4, 0.5) is 0 Å². The molecule has 0 saturated heterocycles. The Morgan fingerprint density at radius 2 is 2.00 bits per heavy atom. The third kappa shape index (κ3) is 3.70. The number of ketones is 1. The van der Waals surface area contributed by atoms with E-state index in [2.05, 4.69) is 11.3 Å². The van der Waals surface area contributed by atoms with Gasteiger partial charge in [0.15, 0.2) is 0 Å². The van der Waals surface area contributed by atoms with Gasteiger partial charge in [0.25, 0.3) is 0 Å². The maximum atomic E-state index is 11.4. The van der Waals surface area contributed by atoms with Crippen molar-refractivity contribution in [3.8, 4) is 0 Å². The number of carbonyl (C=O) groups is 2. The molecule has 0 fully saturated rings. The predicted molar refractivity (Wildman–Crippen MR) is 51.8 cm³/mol. The van der Waals surface area contributed by atoms with E-state index < -0.39 is 5.97 Å². The Labute approximate surface area is 83.9 Å². The number of methoxy groups -OCH3 is 2. The molecule has 4 nitrogen and oxygen atoms in total. The summed E-state index contributed by atoms with van der Waals surface area (Å²) in [7, 11) is 2.75. The van der Waals surface area contributed by atoms with Crippen molar-refractivity contribution < 1.29 is 19.1 Å². The molecular formula is C10H16O4. The van der Waals surface area contributed by atoms with Crippen LogP contribution in [0.3, 0.4) is 0 Å². The van der Waals surface area contributed by atoms with Crippen LogP contribution in [0, 0.1) is 5.92 Å². The molecule has 0 aromatic rings. The van der Waals surface area contributed by atoms with Crippen molar-refractivity contribution in [2.45, 2.75) is 19.4 Å². The molecule has 14 heavy (non-hydrogen) atoms. The first-order valence-electron chi connectivity index (χ1n) is 4.31. The summed E-state index contributed by atoms with van der Waals surface area (Å²) in [6, 6.07) is 0. The highest BCUT2D eigenvalue weighted by molar-refractivity contribution is 5.96. The van der Waals surface area contributed by atoms with Crippen molar-refractivity contribution in [1.82, 2.24) is 0 Å². The van der Waals surface area contributed by atoms with E-state index >= 15 is 0 Å². The van der Waals surface area contributed by atoms with Gasteiger partial charge in [0.1, 0.15) is 12.2 Å². The standard InChI is InChI=1S/C10H16O4/c1-5-9(13-3)7(2)8(11)6-10(12)14-4/h5,7,9H,1,6H2,2-4H3/t7-,9-/m0/s1. The van der Waals surface area contributed by atoms with E-state index in [1.54, 1.807) is 13.0 Å². The van der Waals surface area contributed by atoms with Gasteiger partial charge in [-0.15, -0.1) is 6.58 Å². The highest BCUT2D eigenvalue weighted by Crippen LogP contribution is 2.11. The number of hydrogen-bond donors (Lipinski definition) is 0. The molecule has 0 aliphatic carbocycles. The lowest BCUT2D eigenvalue weighted by atomic mass is 9.97. The molecule has 0 heterocycles. The van der Waals surface area contributed by atoms with Gasteiger partial charge in [0.2, 0.25) is 0 Å². The molecule has 0 spiro atoms. The van der Waals surface area contributed by atoms with Crippen molar-refractivity contribution in [2.24, 2.45) is 5.92 Å². The van der Waals surface area contributed by atoms with Crippen LogP contribution in [0.25, 0.3) is 0 Å². The Morgan fingerprint density at radius 1 is 1.43 bits per heavy atom. The lowest BCUT2D eigenvalue weighted by Crippen LogP contribution is -2.27. The highest BCUT2D eigenvalue weighted by Gasteiger charge is 2.23.